The number of rotatable bonds is 7. The predicted molar refractivity (Wildman–Crippen MR) is 131 cm³/mol. The highest BCUT2D eigenvalue weighted by Crippen LogP contribution is 2.31. The molecular weight excluding hydrogens is 476 g/mol. The van der Waals surface area contributed by atoms with Crippen LogP contribution in [0.5, 0.6) is 11.5 Å². The summed E-state index contributed by atoms with van der Waals surface area (Å²) in [5.74, 6) is 1.18. The van der Waals surface area contributed by atoms with E-state index in [2.05, 4.69) is 4.72 Å². The van der Waals surface area contributed by atoms with Gasteiger partial charge in [0.1, 0.15) is 11.5 Å². The minimum atomic E-state index is -3.83. The van der Waals surface area contributed by atoms with E-state index in [1.165, 1.54) is 12.1 Å². The average Bonchev–Trinajstić information content (AvgIpc) is 2.95. The lowest BCUT2D eigenvalue weighted by Gasteiger charge is -2.23. The normalized spacial score (nSPS) is 15.8. The van der Waals surface area contributed by atoms with Crippen LogP contribution < -0.4 is 14.2 Å². The summed E-state index contributed by atoms with van der Waals surface area (Å²) in [4.78, 5) is 14.9. The number of halogens is 1. The highest BCUT2D eigenvalue weighted by atomic mass is 35.5. The Morgan fingerprint density at radius 3 is 2.56 bits per heavy atom. The van der Waals surface area contributed by atoms with Gasteiger partial charge in [0.15, 0.2) is 6.10 Å². The molecule has 34 heavy (non-hydrogen) atoms. The fourth-order valence-electron chi connectivity index (χ4n) is 3.76. The molecule has 0 fully saturated rings. The van der Waals surface area contributed by atoms with Crippen LogP contribution in [-0.2, 0) is 27.9 Å². The highest BCUT2D eigenvalue weighted by molar-refractivity contribution is 7.92. The number of anilines is 1. The van der Waals surface area contributed by atoms with Crippen molar-refractivity contribution in [2.75, 3.05) is 11.8 Å². The molecule has 7 nitrogen and oxygen atoms in total. The summed E-state index contributed by atoms with van der Waals surface area (Å²) in [5, 5.41) is 0.330. The number of nitrogens with zero attached hydrogens (tertiary/aromatic N) is 1. The number of carbonyl (C=O) groups is 1. The molecule has 1 unspecified atom stereocenters. The maximum absolute atomic E-state index is 13.2. The zero-order valence-corrected chi connectivity index (χ0v) is 20.4. The summed E-state index contributed by atoms with van der Waals surface area (Å²) < 4.78 is 39.4. The third-order valence-electron chi connectivity index (χ3n) is 5.54. The molecule has 0 saturated heterocycles. The van der Waals surface area contributed by atoms with Crippen LogP contribution in [0.25, 0.3) is 0 Å². The molecule has 1 N–H and O–H groups in total. The van der Waals surface area contributed by atoms with Crippen LogP contribution in [0.1, 0.15) is 24.5 Å². The van der Waals surface area contributed by atoms with Crippen molar-refractivity contribution in [3.63, 3.8) is 0 Å². The first-order valence-corrected chi connectivity index (χ1v) is 12.6. The minimum Gasteiger partial charge on any atom is -0.497 e. The number of benzene rings is 3. The Morgan fingerprint density at radius 2 is 1.88 bits per heavy atom. The van der Waals surface area contributed by atoms with Crippen LogP contribution in [0.3, 0.4) is 0 Å². The first-order chi connectivity index (χ1) is 16.3. The summed E-state index contributed by atoms with van der Waals surface area (Å²) >= 11 is 5.95. The maximum Gasteiger partial charge on any atom is 0.264 e. The number of amides is 1. The van der Waals surface area contributed by atoms with Gasteiger partial charge in [-0.3, -0.25) is 9.52 Å². The molecule has 3 aromatic carbocycles. The average molecular weight is 501 g/mol. The summed E-state index contributed by atoms with van der Waals surface area (Å²) in [7, 11) is -2.23. The van der Waals surface area contributed by atoms with Crippen molar-refractivity contribution in [1.82, 2.24) is 4.90 Å². The molecule has 0 bridgehead atoms. The van der Waals surface area contributed by atoms with E-state index in [9.17, 15) is 13.2 Å². The Bertz CT molecular complexity index is 1290. The van der Waals surface area contributed by atoms with E-state index in [4.69, 9.17) is 21.1 Å². The lowest BCUT2D eigenvalue weighted by atomic mass is 10.1. The lowest BCUT2D eigenvalue weighted by molar-refractivity contribution is -0.139. The smallest absolute Gasteiger partial charge is 0.264 e. The standard InChI is InChI=1S/C25H25ClN2O5S/c1-3-23-25(29)28(15-17-7-10-21(32-2)11-8-17)16-18-13-20(9-12-24(18)33-23)27-34(30,31)22-6-4-5-19(26)14-22/h4-14,23,27H,3,15-16H2,1-2H3. The first kappa shape index (κ1) is 23.9. The molecule has 0 aliphatic carbocycles. The quantitative estimate of drug-likeness (QED) is 0.501. The molecule has 1 heterocycles. The number of ether oxygens (including phenoxy) is 2. The van der Waals surface area contributed by atoms with E-state index in [-0.39, 0.29) is 17.3 Å². The monoisotopic (exact) mass is 500 g/mol. The SMILES string of the molecule is CCC1Oc2ccc(NS(=O)(=O)c3cccc(Cl)c3)cc2CN(Cc2ccc(OC)cc2)C1=O. The third-order valence-corrected chi connectivity index (χ3v) is 7.15. The van der Waals surface area contributed by atoms with Crippen molar-refractivity contribution in [1.29, 1.82) is 0 Å². The molecule has 1 aliphatic heterocycles. The maximum atomic E-state index is 13.2. The molecule has 1 atom stereocenters. The molecule has 1 amide bonds. The van der Waals surface area contributed by atoms with Gasteiger partial charge in [0.05, 0.1) is 12.0 Å². The molecule has 4 rings (SSSR count). The van der Waals surface area contributed by atoms with Crippen molar-refractivity contribution in [3.8, 4) is 11.5 Å². The Labute approximate surface area is 204 Å². The van der Waals surface area contributed by atoms with Crippen LogP contribution in [0.2, 0.25) is 5.02 Å². The second-order valence-electron chi connectivity index (χ2n) is 7.94. The van der Waals surface area contributed by atoms with E-state index >= 15 is 0 Å². The number of hydrogen-bond donors (Lipinski definition) is 1. The van der Waals surface area contributed by atoms with Crippen LogP contribution in [0.4, 0.5) is 5.69 Å². The molecule has 178 valence electrons. The van der Waals surface area contributed by atoms with Crippen LogP contribution >= 0.6 is 11.6 Å². The van der Waals surface area contributed by atoms with Crippen LogP contribution in [-0.4, -0.2) is 32.4 Å². The fraction of sp³-hybridized carbons (Fsp3) is 0.240. The van der Waals surface area contributed by atoms with E-state index in [1.54, 1.807) is 42.3 Å². The minimum absolute atomic E-state index is 0.0635. The Morgan fingerprint density at radius 1 is 1.12 bits per heavy atom. The van der Waals surface area contributed by atoms with Gasteiger partial charge in [-0.2, -0.15) is 0 Å². The molecule has 1 aliphatic rings. The molecule has 9 heteroatoms. The van der Waals surface area contributed by atoms with Crippen molar-refractivity contribution in [3.05, 3.63) is 82.9 Å². The van der Waals surface area contributed by atoms with Crippen molar-refractivity contribution in [2.24, 2.45) is 0 Å². The van der Waals surface area contributed by atoms with Crippen LogP contribution in [0, 0.1) is 0 Å². The zero-order valence-electron chi connectivity index (χ0n) is 18.8. The fourth-order valence-corrected chi connectivity index (χ4v) is 5.11. The molecule has 0 saturated carbocycles. The summed E-state index contributed by atoms with van der Waals surface area (Å²) in [6.45, 7) is 2.57. The zero-order chi connectivity index (χ0) is 24.3. The number of fused-ring (bicyclic) bond motifs is 1. The van der Waals surface area contributed by atoms with Crippen molar-refractivity contribution < 1.29 is 22.7 Å². The first-order valence-electron chi connectivity index (χ1n) is 10.8. The number of nitrogens with one attached hydrogen (secondary N) is 1. The molecule has 3 aromatic rings. The summed E-state index contributed by atoms with van der Waals surface area (Å²) in [6, 6.07) is 18.6. The largest absolute Gasteiger partial charge is 0.497 e. The van der Waals surface area contributed by atoms with Crippen LogP contribution in [0.15, 0.2) is 71.6 Å². The van der Waals surface area contributed by atoms with Gasteiger partial charge in [-0.25, -0.2) is 8.42 Å². The van der Waals surface area contributed by atoms with Gasteiger partial charge >= 0.3 is 0 Å². The number of sulfonamides is 1. The summed E-state index contributed by atoms with van der Waals surface area (Å²) in [6.07, 6.45) is -0.103. The summed E-state index contributed by atoms with van der Waals surface area (Å²) in [5.41, 5.74) is 2.03. The van der Waals surface area contributed by atoms with Gasteiger partial charge in [0.25, 0.3) is 15.9 Å². The van der Waals surface area contributed by atoms with Crippen molar-refractivity contribution in [2.45, 2.75) is 37.4 Å². The number of methoxy groups -OCH3 is 1. The molecule has 0 aromatic heterocycles. The topological polar surface area (TPSA) is 84.9 Å². The number of carbonyl (C=O) groups excluding carboxylic acids is 1. The van der Waals surface area contributed by atoms with Crippen molar-refractivity contribution >= 4 is 33.2 Å². The predicted octanol–water partition coefficient (Wildman–Crippen LogP) is 4.85. The van der Waals surface area contributed by atoms with Gasteiger partial charge in [-0.05, 0) is 60.5 Å². The second kappa shape index (κ2) is 9.95. The van der Waals surface area contributed by atoms with E-state index in [0.717, 1.165) is 11.3 Å². The van der Waals surface area contributed by atoms with E-state index < -0.39 is 16.1 Å². The molecule has 0 spiro atoms. The second-order valence-corrected chi connectivity index (χ2v) is 10.1. The lowest BCUT2D eigenvalue weighted by Crippen LogP contribution is -2.38. The van der Waals surface area contributed by atoms with E-state index in [0.29, 0.717) is 35.0 Å². The molecule has 0 radical (unpaired) electrons. The Hall–Kier alpha value is -3.23. The van der Waals surface area contributed by atoms with Gasteiger partial charge in [0, 0.05) is 29.4 Å². The molecular formula is C25H25ClN2O5S. The van der Waals surface area contributed by atoms with E-state index in [1.807, 2.05) is 31.2 Å². The number of hydrogen-bond acceptors (Lipinski definition) is 5. The highest BCUT2D eigenvalue weighted by Gasteiger charge is 2.30. The third kappa shape index (κ3) is 5.29. The van der Waals surface area contributed by atoms with Gasteiger partial charge < -0.3 is 14.4 Å². The Balaban J connectivity index is 1.61. The Kier molecular flexibility index (Phi) is 7.00. The van der Waals surface area contributed by atoms with Gasteiger partial charge in [0.2, 0.25) is 0 Å². The van der Waals surface area contributed by atoms with Gasteiger partial charge in [-0.15, -0.1) is 0 Å². The van der Waals surface area contributed by atoms with Gasteiger partial charge in [-0.1, -0.05) is 36.7 Å².